The van der Waals surface area contributed by atoms with E-state index in [0.717, 1.165) is 47.3 Å². The minimum Gasteiger partial charge on any atom is -0.497 e. The van der Waals surface area contributed by atoms with E-state index >= 15 is 0 Å². The van der Waals surface area contributed by atoms with Gasteiger partial charge in [0.25, 0.3) is 0 Å². The van der Waals surface area contributed by atoms with Crippen LogP contribution in [0.4, 0.5) is 5.82 Å². The summed E-state index contributed by atoms with van der Waals surface area (Å²) in [6.45, 7) is 2.13. The average Bonchev–Trinajstić information content (AvgIpc) is 3.36. The number of aryl methyl sites for hydroxylation is 2. The van der Waals surface area contributed by atoms with Crippen molar-refractivity contribution in [3.8, 4) is 11.8 Å². The summed E-state index contributed by atoms with van der Waals surface area (Å²) in [5, 5.41) is 15.4. The summed E-state index contributed by atoms with van der Waals surface area (Å²) < 4.78 is 7.55. The normalized spacial score (nSPS) is 18.2. The average molecular weight is 425 g/mol. The molecule has 1 saturated carbocycles. The number of fused-ring (bicyclic) bond motifs is 2. The Morgan fingerprint density at radius 3 is 2.84 bits per heavy atom. The molecule has 2 aromatic heterocycles. The maximum Gasteiger partial charge on any atom is 0.127 e. The van der Waals surface area contributed by atoms with Gasteiger partial charge in [0.05, 0.1) is 24.3 Å². The first-order valence-electron chi connectivity index (χ1n) is 11.2. The molecular formula is C27H28N4O. The molecule has 2 heterocycles. The van der Waals surface area contributed by atoms with E-state index in [1.165, 1.54) is 28.5 Å². The highest BCUT2D eigenvalue weighted by molar-refractivity contribution is 5.86. The van der Waals surface area contributed by atoms with Crippen LogP contribution in [0.15, 0.2) is 48.7 Å². The predicted octanol–water partition coefficient (Wildman–Crippen LogP) is 5.74. The Kier molecular flexibility index (Phi) is 5.22. The van der Waals surface area contributed by atoms with Gasteiger partial charge >= 0.3 is 0 Å². The lowest BCUT2D eigenvalue weighted by atomic mass is 9.97. The van der Waals surface area contributed by atoms with Crippen LogP contribution in [-0.4, -0.2) is 22.7 Å². The van der Waals surface area contributed by atoms with Crippen LogP contribution in [0.3, 0.4) is 0 Å². The fourth-order valence-electron chi connectivity index (χ4n) is 5.20. The van der Waals surface area contributed by atoms with Crippen molar-refractivity contribution in [2.75, 3.05) is 12.4 Å². The van der Waals surface area contributed by atoms with Crippen LogP contribution < -0.4 is 10.1 Å². The van der Waals surface area contributed by atoms with Gasteiger partial charge in [0.15, 0.2) is 0 Å². The molecule has 0 unspecified atom stereocenters. The summed E-state index contributed by atoms with van der Waals surface area (Å²) in [5.74, 6) is 2.40. The number of anilines is 1. The van der Waals surface area contributed by atoms with Gasteiger partial charge in [0, 0.05) is 41.6 Å². The Labute approximate surface area is 188 Å². The molecule has 1 N–H and O–H groups in total. The van der Waals surface area contributed by atoms with E-state index in [4.69, 9.17) is 9.72 Å². The summed E-state index contributed by atoms with van der Waals surface area (Å²) in [6.07, 6.45) is 6.76. The zero-order valence-corrected chi connectivity index (χ0v) is 18.9. The highest BCUT2D eigenvalue weighted by Crippen LogP contribution is 2.34. The second-order valence-corrected chi connectivity index (χ2v) is 9.04. The molecule has 5 rings (SSSR count). The molecule has 5 nitrogen and oxygen atoms in total. The van der Waals surface area contributed by atoms with Gasteiger partial charge in [-0.1, -0.05) is 0 Å². The predicted molar refractivity (Wildman–Crippen MR) is 129 cm³/mol. The van der Waals surface area contributed by atoms with Gasteiger partial charge in [-0.2, -0.15) is 5.26 Å². The van der Waals surface area contributed by atoms with Crippen LogP contribution in [0.1, 0.15) is 36.0 Å². The lowest BCUT2D eigenvalue weighted by Gasteiger charge is -2.16. The van der Waals surface area contributed by atoms with Crippen molar-refractivity contribution in [2.45, 2.75) is 38.6 Å². The number of benzene rings is 2. The van der Waals surface area contributed by atoms with Crippen molar-refractivity contribution in [3.63, 3.8) is 0 Å². The molecule has 0 saturated heterocycles. The second kappa shape index (κ2) is 8.20. The largest absolute Gasteiger partial charge is 0.497 e. The smallest absolute Gasteiger partial charge is 0.127 e. The lowest BCUT2D eigenvalue weighted by Crippen LogP contribution is -2.17. The SMILES string of the molecule is COc1ccc2c(C)cc(N[C@H]3CC[C@H](Cc4cn(C)c5ccc(C#N)cc45)C3)nc2c1. The Bertz CT molecular complexity index is 1350. The fourth-order valence-corrected chi connectivity index (χ4v) is 5.20. The Hall–Kier alpha value is -3.52. The summed E-state index contributed by atoms with van der Waals surface area (Å²) in [4.78, 5) is 4.86. The minimum absolute atomic E-state index is 0.430. The number of methoxy groups -OCH3 is 1. The molecule has 0 radical (unpaired) electrons. The van der Waals surface area contributed by atoms with Crippen molar-refractivity contribution in [2.24, 2.45) is 13.0 Å². The van der Waals surface area contributed by atoms with Crippen molar-refractivity contribution in [1.29, 1.82) is 5.26 Å². The number of hydrogen-bond donors (Lipinski definition) is 1. The third kappa shape index (κ3) is 3.78. The molecule has 162 valence electrons. The number of ether oxygens (including phenoxy) is 1. The molecule has 1 fully saturated rings. The van der Waals surface area contributed by atoms with Crippen LogP contribution in [0.2, 0.25) is 0 Å². The first kappa shape index (κ1) is 20.4. The van der Waals surface area contributed by atoms with Gasteiger partial charge in [0.1, 0.15) is 11.6 Å². The van der Waals surface area contributed by atoms with Gasteiger partial charge in [-0.3, -0.25) is 0 Å². The highest BCUT2D eigenvalue weighted by Gasteiger charge is 2.26. The van der Waals surface area contributed by atoms with Gasteiger partial charge in [-0.15, -0.1) is 0 Å². The van der Waals surface area contributed by atoms with Crippen molar-refractivity contribution < 1.29 is 4.74 Å². The monoisotopic (exact) mass is 424 g/mol. The number of rotatable bonds is 5. The number of nitrogens with zero attached hydrogens (tertiary/aromatic N) is 3. The molecule has 32 heavy (non-hydrogen) atoms. The molecule has 0 spiro atoms. The summed E-state index contributed by atoms with van der Waals surface area (Å²) in [5.41, 5.74) is 5.45. The molecule has 0 bridgehead atoms. The molecular weight excluding hydrogens is 396 g/mol. The molecule has 2 aromatic carbocycles. The number of nitriles is 1. The van der Waals surface area contributed by atoms with E-state index < -0.39 is 0 Å². The zero-order chi connectivity index (χ0) is 22.2. The molecule has 2 atom stereocenters. The molecule has 4 aromatic rings. The van der Waals surface area contributed by atoms with E-state index in [-0.39, 0.29) is 0 Å². The molecule has 5 heteroatoms. The Morgan fingerprint density at radius 1 is 1.16 bits per heavy atom. The number of aromatic nitrogens is 2. The van der Waals surface area contributed by atoms with Crippen LogP contribution in [0.25, 0.3) is 21.8 Å². The quantitative estimate of drug-likeness (QED) is 0.444. The van der Waals surface area contributed by atoms with Gasteiger partial charge in [-0.25, -0.2) is 4.98 Å². The Morgan fingerprint density at radius 2 is 2.03 bits per heavy atom. The summed E-state index contributed by atoms with van der Waals surface area (Å²) in [7, 11) is 3.77. The van der Waals surface area contributed by atoms with Crippen LogP contribution in [0.5, 0.6) is 5.75 Å². The zero-order valence-electron chi connectivity index (χ0n) is 18.9. The van der Waals surface area contributed by atoms with Gasteiger partial charge in [-0.05, 0) is 86.1 Å². The molecule has 1 aliphatic rings. The van der Waals surface area contributed by atoms with Gasteiger partial charge in [0.2, 0.25) is 0 Å². The van der Waals surface area contributed by atoms with Gasteiger partial charge < -0.3 is 14.6 Å². The molecule has 0 amide bonds. The van der Waals surface area contributed by atoms with E-state index in [1.807, 2.05) is 24.3 Å². The minimum atomic E-state index is 0.430. The van der Waals surface area contributed by atoms with E-state index in [1.54, 1.807) is 7.11 Å². The third-order valence-corrected chi connectivity index (χ3v) is 6.83. The number of pyridine rings is 1. The standard InChI is InChI=1S/C27H28N4O/c1-17-10-27(30-25-14-22(32-3)7-8-23(17)25)29-21-6-4-18(12-21)11-20-16-31(2)26-9-5-19(15-28)13-24(20)26/h5,7-10,13-14,16,18,21H,4,6,11-12H2,1-3H3,(H,29,30)/t18-,21+/m1/s1. The topological polar surface area (TPSA) is 62.9 Å². The van der Waals surface area contributed by atoms with Crippen molar-refractivity contribution >= 4 is 27.6 Å². The van der Waals surface area contributed by atoms with Crippen LogP contribution in [0, 0.1) is 24.2 Å². The third-order valence-electron chi connectivity index (χ3n) is 6.83. The summed E-state index contributed by atoms with van der Waals surface area (Å²) >= 11 is 0. The fraction of sp³-hybridized carbons (Fsp3) is 0.333. The summed E-state index contributed by atoms with van der Waals surface area (Å²) in [6, 6.07) is 16.9. The van der Waals surface area contributed by atoms with E-state index in [9.17, 15) is 5.26 Å². The van der Waals surface area contributed by atoms with Crippen molar-refractivity contribution in [1.82, 2.24) is 9.55 Å². The molecule has 1 aliphatic carbocycles. The van der Waals surface area contributed by atoms with E-state index in [2.05, 4.69) is 54.3 Å². The Balaban J connectivity index is 1.31. The maximum atomic E-state index is 9.29. The first-order valence-corrected chi connectivity index (χ1v) is 11.2. The number of nitrogens with one attached hydrogen (secondary N) is 1. The van der Waals surface area contributed by atoms with Crippen LogP contribution in [-0.2, 0) is 13.5 Å². The van der Waals surface area contributed by atoms with E-state index in [0.29, 0.717) is 12.0 Å². The van der Waals surface area contributed by atoms with Crippen molar-refractivity contribution in [3.05, 3.63) is 65.4 Å². The molecule has 0 aliphatic heterocycles. The first-order chi connectivity index (χ1) is 15.5. The maximum absolute atomic E-state index is 9.29. The highest BCUT2D eigenvalue weighted by atomic mass is 16.5. The number of hydrogen-bond acceptors (Lipinski definition) is 4. The lowest BCUT2D eigenvalue weighted by molar-refractivity contribution is 0.415. The second-order valence-electron chi connectivity index (χ2n) is 9.04. The van der Waals surface area contributed by atoms with Crippen LogP contribution >= 0.6 is 0 Å².